The fourth-order valence-corrected chi connectivity index (χ4v) is 2.73. The number of anilines is 1. The standard InChI is InChI=1S/C21H16F3N5O/c22-21(23,24)16-4-1-3-14(11-16)12-26-20-27-19(28-29-20)15-6-8-17(9-7-15)30-18-5-2-10-25-13-18/h1-11,13H,12H2,(H2,26,27,28,29). The number of benzene rings is 2. The van der Waals surface area contributed by atoms with Gasteiger partial charge in [0.25, 0.3) is 0 Å². The largest absolute Gasteiger partial charge is 0.456 e. The van der Waals surface area contributed by atoms with E-state index in [2.05, 4.69) is 25.5 Å². The number of alkyl halides is 3. The van der Waals surface area contributed by atoms with Crippen LogP contribution in [0.3, 0.4) is 0 Å². The summed E-state index contributed by atoms with van der Waals surface area (Å²) in [7, 11) is 0. The van der Waals surface area contributed by atoms with E-state index in [9.17, 15) is 13.2 Å². The van der Waals surface area contributed by atoms with Gasteiger partial charge in [0.05, 0.1) is 11.8 Å². The molecule has 0 atom stereocenters. The van der Waals surface area contributed by atoms with Gasteiger partial charge in [-0.1, -0.05) is 12.1 Å². The predicted octanol–water partition coefficient (Wildman–Crippen LogP) is 5.29. The van der Waals surface area contributed by atoms with Crippen LogP contribution in [0.4, 0.5) is 19.1 Å². The Hall–Kier alpha value is -3.88. The van der Waals surface area contributed by atoms with Crippen molar-refractivity contribution in [1.29, 1.82) is 0 Å². The first-order valence-electron chi connectivity index (χ1n) is 8.98. The second kappa shape index (κ2) is 8.24. The summed E-state index contributed by atoms with van der Waals surface area (Å²) in [5.41, 5.74) is 0.576. The maximum Gasteiger partial charge on any atom is 0.416 e. The lowest BCUT2D eigenvalue weighted by atomic mass is 10.1. The van der Waals surface area contributed by atoms with Gasteiger partial charge in [-0.2, -0.15) is 18.2 Å². The molecular formula is C21H16F3N5O. The van der Waals surface area contributed by atoms with E-state index in [1.54, 1.807) is 42.7 Å². The Bertz CT molecular complexity index is 1110. The zero-order chi connectivity index (χ0) is 21.0. The van der Waals surface area contributed by atoms with Gasteiger partial charge in [0.2, 0.25) is 5.95 Å². The molecule has 0 spiro atoms. The molecule has 0 unspecified atom stereocenters. The smallest absolute Gasteiger partial charge is 0.416 e. The van der Waals surface area contributed by atoms with Crippen molar-refractivity contribution >= 4 is 5.95 Å². The summed E-state index contributed by atoms with van der Waals surface area (Å²) >= 11 is 0. The van der Waals surface area contributed by atoms with Crippen molar-refractivity contribution < 1.29 is 17.9 Å². The third-order valence-electron chi connectivity index (χ3n) is 4.19. The van der Waals surface area contributed by atoms with Crippen molar-refractivity contribution in [3.63, 3.8) is 0 Å². The van der Waals surface area contributed by atoms with Crippen LogP contribution in [0.1, 0.15) is 11.1 Å². The van der Waals surface area contributed by atoms with Gasteiger partial charge in [-0.05, 0) is 54.1 Å². The van der Waals surface area contributed by atoms with Crippen molar-refractivity contribution in [2.45, 2.75) is 12.7 Å². The van der Waals surface area contributed by atoms with Gasteiger partial charge in [-0.3, -0.25) is 10.1 Å². The summed E-state index contributed by atoms with van der Waals surface area (Å²) in [6.07, 6.45) is -1.09. The van der Waals surface area contributed by atoms with Crippen LogP contribution < -0.4 is 10.1 Å². The second-order valence-electron chi connectivity index (χ2n) is 6.37. The van der Waals surface area contributed by atoms with Crippen molar-refractivity contribution in [2.24, 2.45) is 0 Å². The van der Waals surface area contributed by atoms with E-state index in [4.69, 9.17) is 4.74 Å². The van der Waals surface area contributed by atoms with Gasteiger partial charge in [0.1, 0.15) is 11.5 Å². The molecule has 4 rings (SSSR count). The lowest BCUT2D eigenvalue weighted by Crippen LogP contribution is -2.07. The average Bonchev–Trinajstić information content (AvgIpc) is 3.22. The summed E-state index contributed by atoms with van der Waals surface area (Å²) in [5.74, 6) is 2.09. The highest BCUT2D eigenvalue weighted by Gasteiger charge is 2.30. The molecule has 0 saturated carbocycles. The summed E-state index contributed by atoms with van der Waals surface area (Å²) in [5, 5.41) is 9.79. The summed E-state index contributed by atoms with van der Waals surface area (Å²) < 4.78 is 44.1. The molecule has 0 amide bonds. The number of nitrogens with zero attached hydrogens (tertiary/aromatic N) is 3. The van der Waals surface area contributed by atoms with Crippen molar-refractivity contribution in [3.05, 3.63) is 84.2 Å². The summed E-state index contributed by atoms with van der Waals surface area (Å²) in [4.78, 5) is 8.32. The number of aromatic nitrogens is 4. The van der Waals surface area contributed by atoms with E-state index in [0.29, 0.717) is 22.9 Å². The average molecular weight is 411 g/mol. The number of H-pyrrole nitrogens is 1. The first-order chi connectivity index (χ1) is 14.5. The molecule has 0 aliphatic heterocycles. The zero-order valence-corrected chi connectivity index (χ0v) is 15.5. The number of nitrogens with one attached hydrogen (secondary N) is 2. The van der Waals surface area contributed by atoms with E-state index in [0.717, 1.165) is 17.7 Å². The molecule has 0 aliphatic rings. The number of pyridine rings is 1. The first-order valence-corrected chi connectivity index (χ1v) is 8.98. The van der Waals surface area contributed by atoms with Crippen molar-refractivity contribution in [1.82, 2.24) is 20.2 Å². The molecule has 6 nitrogen and oxygen atoms in total. The molecule has 0 radical (unpaired) electrons. The quantitative estimate of drug-likeness (QED) is 0.451. The summed E-state index contributed by atoms with van der Waals surface area (Å²) in [6, 6.07) is 15.9. The lowest BCUT2D eigenvalue weighted by molar-refractivity contribution is -0.137. The molecule has 2 N–H and O–H groups in total. The zero-order valence-electron chi connectivity index (χ0n) is 15.5. The van der Waals surface area contributed by atoms with Crippen LogP contribution in [0.2, 0.25) is 0 Å². The van der Waals surface area contributed by atoms with E-state index >= 15 is 0 Å². The SMILES string of the molecule is FC(F)(F)c1cccc(CNc2n[nH]c(-c3ccc(Oc4cccnc4)cc3)n2)c1. The maximum atomic E-state index is 12.8. The van der Waals surface area contributed by atoms with E-state index in [1.165, 1.54) is 6.07 Å². The van der Waals surface area contributed by atoms with Crippen LogP contribution in [-0.4, -0.2) is 20.2 Å². The van der Waals surface area contributed by atoms with Gasteiger partial charge in [0.15, 0.2) is 5.82 Å². The molecule has 0 saturated heterocycles. The Morgan fingerprint density at radius 3 is 2.53 bits per heavy atom. The molecular weight excluding hydrogens is 395 g/mol. The molecule has 9 heteroatoms. The van der Waals surface area contributed by atoms with Crippen LogP contribution in [0.15, 0.2) is 73.1 Å². The number of hydrogen-bond donors (Lipinski definition) is 2. The number of ether oxygens (including phenoxy) is 1. The van der Waals surface area contributed by atoms with E-state index in [1.807, 2.05) is 12.1 Å². The summed E-state index contributed by atoms with van der Waals surface area (Å²) in [6.45, 7) is 0.166. The maximum absolute atomic E-state index is 12.8. The molecule has 2 aromatic heterocycles. The minimum Gasteiger partial charge on any atom is -0.456 e. The topological polar surface area (TPSA) is 75.7 Å². The van der Waals surface area contributed by atoms with Crippen LogP contribution in [0.25, 0.3) is 11.4 Å². The third-order valence-corrected chi connectivity index (χ3v) is 4.19. The monoisotopic (exact) mass is 411 g/mol. The molecule has 0 fully saturated rings. The van der Waals surface area contributed by atoms with Gasteiger partial charge in [-0.15, -0.1) is 5.10 Å². The van der Waals surface area contributed by atoms with Crippen LogP contribution in [0, 0.1) is 0 Å². The van der Waals surface area contributed by atoms with Crippen LogP contribution >= 0.6 is 0 Å². The Kier molecular flexibility index (Phi) is 5.34. The Labute approximate surface area is 169 Å². The molecule has 152 valence electrons. The molecule has 0 bridgehead atoms. The normalized spacial score (nSPS) is 11.3. The van der Waals surface area contributed by atoms with Gasteiger partial charge >= 0.3 is 6.18 Å². The van der Waals surface area contributed by atoms with Crippen LogP contribution in [-0.2, 0) is 12.7 Å². The molecule has 2 aromatic carbocycles. The minimum atomic E-state index is -4.37. The molecule has 30 heavy (non-hydrogen) atoms. The Balaban J connectivity index is 1.39. The highest BCUT2D eigenvalue weighted by Crippen LogP contribution is 2.29. The van der Waals surface area contributed by atoms with Gasteiger partial charge in [0, 0.05) is 18.3 Å². The predicted molar refractivity (Wildman–Crippen MR) is 105 cm³/mol. The minimum absolute atomic E-state index is 0.166. The van der Waals surface area contributed by atoms with Crippen molar-refractivity contribution in [3.8, 4) is 22.9 Å². The van der Waals surface area contributed by atoms with Crippen molar-refractivity contribution in [2.75, 3.05) is 5.32 Å². The molecule has 2 heterocycles. The number of aromatic amines is 1. The lowest BCUT2D eigenvalue weighted by Gasteiger charge is -2.08. The first kappa shape index (κ1) is 19.4. The number of rotatable bonds is 6. The highest BCUT2D eigenvalue weighted by atomic mass is 19.4. The third kappa shape index (κ3) is 4.75. The fraction of sp³-hybridized carbons (Fsp3) is 0.0952. The fourth-order valence-electron chi connectivity index (χ4n) is 2.73. The van der Waals surface area contributed by atoms with E-state index in [-0.39, 0.29) is 12.5 Å². The van der Waals surface area contributed by atoms with Gasteiger partial charge < -0.3 is 10.1 Å². The highest BCUT2D eigenvalue weighted by molar-refractivity contribution is 5.57. The number of halogens is 3. The Morgan fingerprint density at radius 1 is 0.967 bits per heavy atom. The Morgan fingerprint density at radius 2 is 1.80 bits per heavy atom. The second-order valence-corrected chi connectivity index (χ2v) is 6.37. The van der Waals surface area contributed by atoms with E-state index < -0.39 is 11.7 Å². The van der Waals surface area contributed by atoms with Crippen LogP contribution in [0.5, 0.6) is 11.5 Å². The number of hydrogen-bond acceptors (Lipinski definition) is 5. The van der Waals surface area contributed by atoms with Gasteiger partial charge in [-0.25, -0.2) is 0 Å². The molecule has 4 aromatic rings. The molecule has 0 aliphatic carbocycles.